The number of carbonyl (C=O) groups excluding carboxylic acids is 3. The quantitative estimate of drug-likeness (QED) is 0.600. The molecule has 0 aromatic heterocycles. The van der Waals surface area contributed by atoms with E-state index in [2.05, 4.69) is 0 Å². The van der Waals surface area contributed by atoms with E-state index in [-0.39, 0.29) is 6.61 Å². The normalized spacial score (nSPS) is 10.4. The number of hydrogen-bond donors (Lipinski definition) is 0. The molecular formula is C20H19NO4. The van der Waals surface area contributed by atoms with Crippen LogP contribution in [0.2, 0.25) is 0 Å². The standard InChI is InChI=1S/C20H19NO4/c1-2-25-19(23)15-21(20(24)17-11-7-4-8-12-17)18(22)14-13-16-9-5-3-6-10-16/h3-14H,2,15H2,1H3/b14-13+. The first-order chi connectivity index (χ1) is 12.1. The van der Waals surface area contributed by atoms with Crippen molar-refractivity contribution in [2.24, 2.45) is 0 Å². The Labute approximate surface area is 146 Å². The van der Waals surface area contributed by atoms with Gasteiger partial charge in [-0.05, 0) is 30.7 Å². The van der Waals surface area contributed by atoms with Crippen LogP contribution in [-0.2, 0) is 14.3 Å². The summed E-state index contributed by atoms with van der Waals surface area (Å²) in [6.45, 7) is 1.41. The van der Waals surface area contributed by atoms with Gasteiger partial charge in [-0.1, -0.05) is 48.5 Å². The zero-order chi connectivity index (χ0) is 18.1. The molecule has 0 saturated carbocycles. The highest BCUT2D eigenvalue weighted by Gasteiger charge is 2.24. The lowest BCUT2D eigenvalue weighted by atomic mass is 10.2. The molecule has 0 fully saturated rings. The Balaban J connectivity index is 2.21. The fourth-order valence-corrected chi connectivity index (χ4v) is 2.14. The number of rotatable bonds is 6. The molecule has 128 valence electrons. The van der Waals surface area contributed by atoms with Crippen molar-refractivity contribution in [1.29, 1.82) is 0 Å². The van der Waals surface area contributed by atoms with Gasteiger partial charge < -0.3 is 4.74 Å². The Bertz CT molecular complexity index is 754. The number of benzene rings is 2. The third-order valence-corrected chi connectivity index (χ3v) is 3.34. The van der Waals surface area contributed by atoms with Gasteiger partial charge in [0.25, 0.3) is 11.8 Å². The third kappa shape index (κ3) is 5.42. The maximum absolute atomic E-state index is 12.6. The van der Waals surface area contributed by atoms with E-state index >= 15 is 0 Å². The largest absolute Gasteiger partial charge is 0.465 e. The molecule has 0 saturated heterocycles. The maximum atomic E-state index is 12.6. The molecule has 0 radical (unpaired) electrons. The van der Waals surface area contributed by atoms with E-state index in [1.165, 1.54) is 6.08 Å². The molecule has 0 N–H and O–H groups in total. The van der Waals surface area contributed by atoms with Crippen molar-refractivity contribution < 1.29 is 19.1 Å². The number of amides is 2. The van der Waals surface area contributed by atoms with Crippen molar-refractivity contribution >= 4 is 23.9 Å². The molecule has 2 aromatic carbocycles. The van der Waals surface area contributed by atoms with Crippen LogP contribution in [0.5, 0.6) is 0 Å². The lowest BCUT2D eigenvalue weighted by molar-refractivity contribution is -0.146. The van der Waals surface area contributed by atoms with Crippen LogP contribution >= 0.6 is 0 Å². The number of ether oxygens (including phenoxy) is 1. The summed E-state index contributed by atoms with van der Waals surface area (Å²) in [7, 11) is 0. The minimum atomic E-state index is -0.631. The Morgan fingerprint density at radius 3 is 2.16 bits per heavy atom. The van der Waals surface area contributed by atoms with Crippen molar-refractivity contribution in [2.75, 3.05) is 13.2 Å². The zero-order valence-electron chi connectivity index (χ0n) is 13.9. The Hall–Kier alpha value is -3.21. The Morgan fingerprint density at radius 2 is 1.56 bits per heavy atom. The molecule has 0 spiro atoms. The third-order valence-electron chi connectivity index (χ3n) is 3.34. The Morgan fingerprint density at radius 1 is 0.960 bits per heavy atom. The van der Waals surface area contributed by atoms with E-state index < -0.39 is 24.3 Å². The summed E-state index contributed by atoms with van der Waals surface area (Å²) in [5, 5.41) is 0. The Kier molecular flexibility index (Phi) is 6.65. The average molecular weight is 337 g/mol. The molecule has 0 atom stereocenters. The van der Waals surface area contributed by atoms with Gasteiger partial charge in [0.05, 0.1) is 6.61 Å². The number of imide groups is 1. The summed E-state index contributed by atoms with van der Waals surface area (Å²) < 4.78 is 4.86. The molecule has 5 heteroatoms. The molecule has 0 unspecified atom stereocenters. The summed E-state index contributed by atoms with van der Waals surface area (Å²) in [5.74, 6) is -1.75. The molecular weight excluding hydrogens is 318 g/mol. The van der Waals surface area contributed by atoms with Crippen molar-refractivity contribution in [3.05, 3.63) is 77.9 Å². The monoisotopic (exact) mass is 337 g/mol. The van der Waals surface area contributed by atoms with Crippen LogP contribution in [0.15, 0.2) is 66.7 Å². The van der Waals surface area contributed by atoms with E-state index in [1.54, 1.807) is 43.3 Å². The minimum Gasteiger partial charge on any atom is -0.465 e. The summed E-state index contributed by atoms with van der Waals surface area (Å²) in [5.41, 5.74) is 1.15. The first-order valence-corrected chi connectivity index (χ1v) is 7.91. The van der Waals surface area contributed by atoms with Crippen LogP contribution in [0.4, 0.5) is 0 Å². The number of hydrogen-bond acceptors (Lipinski definition) is 4. The summed E-state index contributed by atoms with van der Waals surface area (Å²) in [6.07, 6.45) is 2.87. The lowest BCUT2D eigenvalue weighted by Crippen LogP contribution is -2.40. The molecule has 0 aliphatic rings. The molecule has 25 heavy (non-hydrogen) atoms. The molecule has 2 rings (SSSR count). The fraction of sp³-hybridized carbons (Fsp3) is 0.150. The maximum Gasteiger partial charge on any atom is 0.326 e. The van der Waals surface area contributed by atoms with Crippen molar-refractivity contribution in [3.8, 4) is 0 Å². The first kappa shape index (κ1) is 18.1. The molecule has 5 nitrogen and oxygen atoms in total. The van der Waals surface area contributed by atoms with E-state index in [0.29, 0.717) is 5.56 Å². The van der Waals surface area contributed by atoms with Gasteiger partial charge in [0.15, 0.2) is 0 Å². The van der Waals surface area contributed by atoms with Gasteiger partial charge in [0, 0.05) is 11.6 Å². The number of carbonyl (C=O) groups is 3. The van der Waals surface area contributed by atoms with Crippen LogP contribution < -0.4 is 0 Å². The summed E-state index contributed by atoms with van der Waals surface area (Å²) >= 11 is 0. The van der Waals surface area contributed by atoms with Gasteiger partial charge >= 0.3 is 5.97 Å². The first-order valence-electron chi connectivity index (χ1n) is 7.91. The highest BCUT2D eigenvalue weighted by molar-refractivity contribution is 6.10. The van der Waals surface area contributed by atoms with Crippen LogP contribution in [0.1, 0.15) is 22.8 Å². The van der Waals surface area contributed by atoms with Crippen molar-refractivity contribution in [3.63, 3.8) is 0 Å². The van der Waals surface area contributed by atoms with E-state index in [9.17, 15) is 14.4 Å². The second-order valence-electron chi connectivity index (χ2n) is 5.14. The molecule has 0 aliphatic heterocycles. The van der Waals surface area contributed by atoms with Crippen molar-refractivity contribution in [2.45, 2.75) is 6.92 Å². The van der Waals surface area contributed by atoms with Gasteiger partial charge in [-0.2, -0.15) is 0 Å². The molecule has 2 aromatic rings. The average Bonchev–Trinajstić information content (AvgIpc) is 2.65. The van der Waals surface area contributed by atoms with Crippen LogP contribution in [-0.4, -0.2) is 35.8 Å². The summed E-state index contributed by atoms with van der Waals surface area (Å²) in [6, 6.07) is 17.6. The van der Waals surface area contributed by atoms with Gasteiger partial charge in [-0.3, -0.25) is 19.3 Å². The molecule has 0 heterocycles. The van der Waals surface area contributed by atoms with Gasteiger partial charge in [-0.15, -0.1) is 0 Å². The minimum absolute atomic E-state index is 0.181. The van der Waals surface area contributed by atoms with Gasteiger partial charge in [0.1, 0.15) is 6.54 Å². The second kappa shape index (κ2) is 9.17. The second-order valence-corrected chi connectivity index (χ2v) is 5.14. The lowest BCUT2D eigenvalue weighted by Gasteiger charge is -2.18. The zero-order valence-corrected chi connectivity index (χ0v) is 13.9. The van der Waals surface area contributed by atoms with Gasteiger partial charge in [0.2, 0.25) is 0 Å². The van der Waals surface area contributed by atoms with Crippen LogP contribution in [0, 0.1) is 0 Å². The van der Waals surface area contributed by atoms with E-state index in [4.69, 9.17) is 4.74 Å². The predicted molar refractivity (Wildman–Crippen MR) is 94.6 cm³/mol. The topological polar surface area (TPSA) is 63.7 Å². The molecule has 2 amide bonds. The smallest absolute Gasteiger partial charge is 0.326 e. The number of nitrogens with zero attached hydrogens (tertiary/aromatic N) is 1. The van der Waals surface area contributed by atoms with Gasteiger partial charge in [-0.25, -0.2) is 0 Å². The summed E-state index contributed by atoms with van der Waals surface area (Å²) in [4.78, 5) is 37.7. The van der Waals surface area contributed by atoms with Crippen LogP contribution in [0.25, 0.3) is 6.08 Å². The van der Waals surface area contributed by atoms with E-state index in [1.807, 2.05) is 30.3 Å². The highest BCUT2D eigenvalue weighted by Crippen LogP contribution is 2.08. The molecule has 0 aliphatic carbocycles. The predicted octanol–water partition coefficient (Wildman–Crippen LogP) is 2.93. The fourth-order valence-electron chi connectivity index (χ4n) is 2.14. The molecule has 0 bridgehead atoms. The highest BCUT2D eigenvalue weighted by atomic mass is 16.5. The van der Waals surface area contributed by atoms with E-state index in [0.717, 1.165) is 10.5 Å². The SMILES string of the molecule is CCOC(=O)CN(C(=O)/C=C/c1ccccc1)C(=O)c1ccccc1. The van der Waals surface area contributed by atoms with Crippen molar-refractivity contribution in [1.82, 2.24) is 4.90 Å². The van der Waals surface area contributed by atoms with Crippen LogP contribution in [0.3, 0.4) is 0 Å². The number of esters is 1.